The summed E-state index contributed by atoms with van der Waals surface area (Å²) in [6.45, 7) is 1.64. The Labute approximate surface area is 81.1 Å². The lowest BCUT2D eigenvalue weighted by molar-refractivity contribution is -0.141. The monoisotopic (exact) mass is 202 g/mol. The fourth-order valence-corrected chi connectivity index (χ4v) is 1.16. The van der Waals surface area contributed by atoms with Gasteiger partial charge in [-0.05, 0) is 6.07 Å². The Kier molecular flexibility index (Phi) is 2.93. The third-order valence-electron chi connectivity index (χ3n) is 1.81. The lowest BCUT2D eigenvalue weighted by Gasteiger charge is -2.01. The van der Waals surface area contributed by atoms with E-state index in [1.165, 1.54) is 4.68 Å². The summed E-state index contributed by atoms with van der Waals surface area (Å²) in [5.74, 6) is -1.24. The van der Waals surface area contributed by atoms with Gasteiger partial charge in [0, 0.05) is 13.5 Å². The first-order chi connectivity index (χ1) is 6.00. The van der Waals surface area contributed by atoms with Crippen molar-refractivity contribution in [1.29, 1.82) is 0 Å². The minimum atomic E-state index is -0.818. The Bertz CT molecular complexity index is 302. The first kappa shape index (κ1) is 10.1. The van der Waals surface area contributed by atoms with Gasteiger partial charge < -0.3 is 5.11 Å². The number of aromatic nitrogens is 2. The number of hydrogen-bond acceptors (Lipinski definition) is 2. The van der Waals surface area contributed by atoms with Gasteiger partial charge >= 0.3 is 5.97 Å². The maximum atomic E-state index is 10.5. The molecule has 0 spiro atoms. The quantitative estimate of drug-likeness (QED) is 0.805. The van der Waals surface area contributed by atoms with Crippen LogP contribution in [-0.4, -0.2) is 20.9 Å². The van der Waals surface area contributed by atoms with E-state index < -0.39 is 11.9 Å². The van der Waals surface area contributed by atoms with Crippen LogP contribution in [0.1, 0.15) is 12.6 Å². The molecule has 1 unspecified atom stereocenters. The van der Waals surface area contributed by atoms with Gasteiger partial charge in [-0.1, -0.05) is 18.5 Å². The van der Waals surface area contributed by atoms with Crippen LogP contribution in [0.5, 0.6) is 0 Å². The van der Waals surface area contributed by atoms with Crippen molar-refractivity contribution < 1.29 is 9.90 Å². The fraction of sp³-hybridized carbons (Fsp3) is 0.500. The minimum Gasteiger partial charge on any atom is -0.481 e. The van der Waals surface area contributed by atoms with Crippen LogP contribution >= 0.6 is 11.6 Å². The highest BCUT2D eigenvalue weighted by atomic mass is 35.5. The third-order valence-corrected chi connectivity index (χ3v) is 2.16. The van der Waals surface area contributed by atoms with E-state index >= 15 is 0 Å². The molecule has 1 N–H and O–H groups in total. The normalized spacial score (nSPS) is 12.8. The van der Waals surface area contributed by atoms with Crippen molar-refractivity contribution in [3.63, 3.8) is 0 Å². The van der Waals surface area contributed by atoms with Gasteiger partial charge in [-0.3, -0.25) is 9.48 Å². The Hall–Kier alpha value is -1.03. The molecule has 72 valence electrons. The molecule has 0 aromatic carbocycles. The average Bonchev–Trinajstić information content (AvgIpc) is 2.31. The van der Waals surface area contributed by atoms with Crippen molar-refractivity contribution >= 4 is 17.6 Å². The second-order valence-electron chi connectivity index (χ2n) is 3.03. The summed E-state index contributed by atoms with van der Waals surface area (Å²) in [7, 11) is 1.72. The summed E-state index contributed by atoms with van der Waals surface area (Å²) in [6, 6.07) is 1.68. The van der Waals surface area contributed by atoms with Crippen LogP contribution in [0.15, 0.2) is 6.07 Å². The van der Waals surface area contributed by atoms with Gasteiger partial charge in [0.1, 0.15) is 5.15 Å². The largest absolute Gasteiger partial charge is 0.481 e. The lowest BCUT2D eigenvalue weighted by atomic mass is 10.1. The first-order valence-electron chi connectivity index (χ1n) is 3.92. The fourth-order valence-electron chi connectivity index (χ4n) is 1.00. The highest BCUT2D eigenvalue weighted by Gasteiger charge is 2.14. The Morgan fingerprint density at radius 3 is 2.85 bits per heavy atom. The second-order valence-corrected chi connectivity index (χ2v) is 3.41. The van der Waals surface area contributed by atoms with Gasteiger partial charge in [0.25, 0.3) is 0 Å². The molecule has 0 amide bonds. The van der Waals surface area contributed by atoms with E-state index in [4.69, 9.17) is 16.7 Å². The summed E-state index contributed by atoms with van der Waals surface area (Å²) in [4.78, 5) is 10.5. The van der Waals surface area contributed by atoms with E-state index in [-0.39, 0.29) is 0 Å². The van der Waals surface area contributed by atoms with Gasteiger partial charge in [0.05, 0.1) is 11.6 Å². The van der Waals surface area contributed by atoms with Gasteiger partial charge in [-0.15, -0.1) is 0 Å². The number of nitrogens with zero attached hydrogens (tertiary/aromatic N) is 2. The zero-order valence-corrected chi connectivity index (χ0v) is 8.25. The van der Waals surface area contributed by atoms with Gasteiger partial charge in [0.15, 0.2) is 0 Å². The van der Waals surface area contributed by atoms with Crippen molar-refractivity contribution in [3.05, 3.63) is 16.9 Å². The smallest absolute Gasteiger partial charge is 0.306 e. The van der Waals surface area contributed by atoms with Crippen molar-refractivity contribution in [1.82, 2.24) is 9.78 Å². The van der Waals surface area contributed by atoms with Crippen LogP contribution in [0.4, 0.5) is 0 Å². The van der Waals surface area contributed by atoms with Crippen molar-refractivity contribution in [2.75, 3.05) is 0 Å². The predicted molar refractivity (Wildman–Crippen MR) is 48.7 cm³/mol. The van der Waals surface area contributed by atoms with Crippen molar-refractivity contribution in [2.45, 2.75) is 13.3 Å². The zero-order chi connectivity index (χ0) is 10.0. The Balaban J connectivity index is 2.69. The van der Waals surface area contributed by atoms with Crippen molar-refractivity contribution in [2.24, 2.45) is 13.0 Å². The van der Waals surface area contributed by atoms with Crippen LogP contribution < -0.4 is 0 Å². The van der Waals surface area contributed by atoms with Crippen LogP contribution in [0.2, 0.25) is 5.15 Å². The molecule has 4 nitrogen and oxygen atoms in total. The molecular formula is C8H11ClN2O2. The summed E-state index contributed by atoms with van der Waals surface area (Å²) in [5.41, 5.74) is 0.711. The van der Waals surface area contributed by atoms with Gasteiger partial charge in [-0.25, -0.2) is 0 Å². The van der Waals surface area contributed by atoms with Crippen LogP contribution in [0, 0.1) is 5.92 Å². The molecule has 0 bridgehead atoms. The number of rotatable bonds is 3. The molecule has 1 heterocycles. The number of hydrogen-bond donors (Lipinski definition) is 1. The Morgan fingerprint density at radius 1 is 1.85 bits per heavy atom. The molecule has 0 saturated carbocycles. The van der Waals surface area contributed by atoms with E-state index in [9.17, 15) is 4.79 Å². The molecular weight excluding hydrogens is 192 g/mol. The maximum Gasteiger partial charge on any atom is 0.306 e. The molecule has 1 aromatic rings. The number of halogens is 1. The molecule has 1 atom stereocenters. The topological polar surface area (TPSA) is 55.1 Å². The lowest BCUT2D eigenvalue weighted by Crippen LogP contribution is -2.12. The molecule has 0 aliphatic carbocycles. The maximum absolute atomic E-state index is 10.5. The average molecular weight is 203 g/mol. The number of carbonyl (C=O) groups is 1. The van der Waals surface area contributed by atoms with Crippen LogP contribution in [0.3, 0.4) is 0 Å². The molecule has 1 aromatic heterocycles. The number of aliphatic carboxylic acids is 1. The SMILES string of the molecule is CC(Cc1cc(Cl)n(C)n1)C(=O)O. The summed E-state index contributed by atoms with van der Waals surface area (Å²) >= 11 is 5.75. The molecule has 5 heteroatoms. The molecule has 0 radical (unpaired) electrons. The molecule has 1 rings (SSSR count). The van der Waals surface area contributed by atoms with E-state index in [1.807, 2.05) is 0 Å². The molecule has 0 aliphatic heterocycles. The van der Waals surface area contributed by atoms with Gasteiger partial charge in [0.2, 0.25) is 0 Å². The van der Waals surface area contributed by atoms with Crippen LogP contribution in [-0.2, 0) is 18.3 Å². The molecule has 0 saturated heterocycles. The van der Waals surface area contributed by atoms with Gasteiger partial charge in [-0.2, -0.15) is 5.10 Å². The first-order valence-corrected chi connectivity index (χ1v) is 4.29. The Morgan fingerprint density at radius 2 is 2.46 bits per heavy atom. The highest BCUT2D eigenvalue weighted by molar-refractivity contribution is 6.29. The van der Waals surface area contributed by atoms with Crippen LogP contribution in [0.25, 0.3) is 0 Å². The summed E-state index contributed by atoms with van der Waals surface area (Å²) in [6.07, 6.45) is 0.413. The van der Waals surface area contributed by atoms with E-state index in [0.29, 0.717) is 17.3 Å². The molecule has 0 fully saturated rings. The standard InChI is InChI=1S/C8H11ClN2O2/c1-5(8(12)13)3-6-4-7(9)11(2)10-6/h4-5H,3H2,1-2H3,(H,12,13). The highest BCUT2D eigenvalue weighted by Crippen LogP contribution is 2.12. The van der Waals surface area contributed by atoms with E-state index in [1.54, 1.807) is 20.0 Å². The molecule has 13 heavy (non-hydrogen) atoms. The summed E-state index contributed by atoms with van der Waals surface area (Å²) < 4.78 is 1.52. The third kappa shape index (κ3) is 2.45. The van der Waals surface area contributed by atoms with Crippen molar-refractivity contribution in [3.8, 4) is 0 Å². The number of aryl methyl sites for hydroxylation is 1. The van der Waals surface area contributed by atoms with E-state index in [0.717, 1.165) is 0 Å². The second kappa shape index (κ2) is 3.79. The summed E-state index contributed by atoms with van der Waals surface area (Å²) in [5, 5.41) is 13.2. The number of carboxylic acids is 1. The zero-order valence-electron chi connectivity index (χ0n) is 7.49. The number of carboxylic acid groups (broad SMARTS) is 1. The minimum absolute atomic E-state index is 0.413. The predicted octanol–water partition coefficient (Wildman–Crippen LogP) is 1.34. The molecule has 0 aliphatic rings. The van der Waals surface area contributed by atoms with E-state index in [2.05, 4.69) is 5.10 Å².